The van der Waals surface area contributed by atoms with Crippen molar-refractivity contribution in [2.24, 2.45) is 0 Å². The van der Waals surface area contributed by atoms with Gasteiger partial charge in [-0.1, -0.05) is 0 Å². The number of nitro groups is 1. The van der Waals surface area contributed by atoms with Gasteiger partial charge in [0.25, 0.3) is 5.69 Å². The van der Waals surface area contributed by atoms with Gasteiger partial charge in [0.1, 0.15) is 5.82 Å². The highest BCUT2D eigenvalue weighted by molar-refractivity contribution is 5.83. The maximum absolute atomic E-state index is 12.8. The van der Waals surface area contributed by atoms with Gasteiger partial charge in [-0.2, -0.15) is 0 Å². The van der Waals surface area contributed by atoms with Gasteiger partial charge >= 0.3 is 0 Å². The van der Waals surface area contributed by atoms with Crippen LogP contribution in [0.3, 0.4) is 0 Å². The summed E-state index contributed by atoms with van der Waals surface area (Å²) in [6, 6.07) is 1.95. The van der Waals surface area contributed by atoms with Crippen LogP contribution in [0.5, 0.6) is 0 Å². The highest BCUT2D eigenvalue weighted by Gasteiger charge is 2.17. The lowest BCUT2D eigenvalue weighted by Gasteiger charge is -2.00. The van der Waals surface area contributed by atoms with E-state index in [-0.39, 0.29) is 23.1 Å². The van der Waals surface area contributed by atoms with Gasteiger partial charge in [-0.05, 0) is 13.0 Å². The minimum atomic E-state index is -0.712. The molecule has 0 atom stereocenters. The van der Waals surface area contributed by atoms with Gasteiger partial charge in [0, 0.05) is 11.6 Å². The van der Waals surface area contributed by atoms with Crippen molar-refractivity contribution in [1.82, 2.24) is 0 Å². The molecule has 0 amide bonds. The number of aldehydes is 1. The molecule has 0 spiro atoms. The first-order chi connectivity index (χ1) is 6.07. The zero-order chi connectivity index (χ0) is 10.0. The third-order valence-corrected chi connectivity index (χ3v) is 1.74. The fourth-order valence-corrected chi connectivity index (χ4v) is 0.996. The van der Waals surface area contributed by atoms with Crippen LogP contribution in [-0.4, -0.2) is 11.2 Å². The molecule has 0 aliphatic rings. The second-order valence-electron chi connectivity index (χ2n) is 2.48. The van der Waals surface area contributed by atoms with Crippen LogP contribution in [0, 0.1) is 22.9 Å². The number of nitrogens with zero attached hydrogens (tertiary/aromatic N) is 1. The highest BCUT2D eigenvalue weighted by Crippen LogP contribution is 2.21. The third-order valence-electron chi connectivity index (χ3n) is 1.74. The Labute approximate surface area is 73.1 Å². The summed E-state index contributed by atoms with van der Waals surface area (Å²) in [5.41, 5.74) is -0.567. The Kier molecular flexibility index (Phi) is 2.36. The fourth-order valence-electron chi connectivity index (χ4n) is 0.996. The molecule has 0 fully saturated rings. The first-order valence-electron chi connectivity index (χ1n) is 3.46. The molecule has 0 saturated carbocycles. The summed E-state index contributed by atoms with van der Waals surface area (Å²) in [5.74, 6) is -0.618. The Balaban J connectivity index is 3.47. The number of carbonyl (C=O) groups excluding carboxylic acids is 1. The fraction of sp³-hybridized carbons (Fsp3) is 0.125. The van der Waals surface area contributed by atoms with Crippen molar-refractivity contribution in [3.63, 3.8) is 0 Å². The molecule has 1 aromatic carbocycles. The largest absolute Gasteiger partial charge is 0.298 e. The standard InChI is InChI=1S/C8H6FNO3/c1-5-6(4-11)8(10(12)13)3-2-7(5)9/h2-4H,1H3. The van der Waals surface area contributed by atoms with Crippen molar-refractivity contribution in [3.8, 4) is 0 Å². The molecule has 13 heavy (non-hydrogen) atoms. The maximum Gasteiger partial charge on any atom is 0.280 e. The predicted molar refractivity (Wildman–Crippen MR) is 43.2 cm³/mol. The van der Waals surface area contributed by atoms with Gasteiger partial charge in [-0.3, -0.25) is 14.9 Å². The molecule has 0 heterocycles. The van der Waals surface area contributed by atoms with Crippen molar-refractivity contribution >= 4 is 12.0 Å². The normalized spacial score (nSPS) is 9.69. The van der Waals surface area contributed by atoms with Crippen molar-refractivity contribution in [2.45, 2.75) is 6.92 Å². The van der Waals surface area contributed by atoms with E-state index in [1.807, 2.05) is 0 Å². The van der Waals surface area contributed by atoms with E-state index in [0.717, 1.165) is 12.1 Å². The van der Waals surface area contributed by atoms with Crippen LogP contribution in [0.15, 0.2) is 12.1 Å². The number of rotatable bonds is 2. The van der Waals surface area contributed by atoms with Crippen LogP contribution in [0.1, 0.15) is 15.9 Å². The Bertz CT molecular complexity index is 376. The number of carbonyl (C=O) groups is 1. The van der Waals surface area contributed by atoms with Gasteiger partial charge in [0.2, 0.25) is 0 Å². The Hall–Kier alpha value is -1.78. The molecule has 1 rings (SSSR count). The first-order valence-corrected chi connectivity index (χ1v) is 3.46. The molecule has 0 saturated heterocycles. The highest BCUT2D eigenvalue weighted by atomic mass is 19.1. The van der Waals surface area contributed by atoms with Gasteiger partial charge < -0.3 is 0 Å². The third kappa shape index (κ3) is 1.53. The lowest BCUT2D eigenvalue weighted by atomic mass is 10.1. The average Bonchev–Trinajstić information content (AvgIpc) is 2.09. The molecular weight excluding hydrogens is 177 g/mol. The van der Waals surface area contributed by atoms with Crippen LogP contribution >= 0.6 is 0 Å². The molecule has 0 bridgehead atoms. The van der Waals surface area contributed by atoms with Crippen LogP contribution < -0.4 is 0 Å². The summed E-state index contributed by atoms with van der Waals surface area (Å²) in [4.78, 5) is 20.1. The molecule has 0 aromatic heterocycles. The van der Waals surface area contributed by atoms with E-state index in [2.05, 4.69) is 0 Å². The minimum absolute atomic E-state index is 0.00389. The van der Waals surface area contributed by atoms with E-state index in [1.54, 1.807) is 0 Å². The molecule has 68 valence electrons. The van der Waals surface area contributed by atoms with E-state index in [9.17, 15) is 19.3 Å². The molecular formula is C8H6FNO3. The maximum atomic E-state index is 12.8. The summed E-state index contributed by atoms with van der Waals surface area (Å²) < 4.78 is 12.8. The predicted octanol–water partition coefficient (Wildman–Crippen LogP) is 1.85. The van der Waals surface area contributed by atoms with Gasteiger partial charge in [0.15, 0.2) is 6.29 Å². The molecule has 0 unspecified atom stereocenters. The summed E-state index contributed by atoms with van der Waals surface area (Å²) in [5, 5.41) is 10.4. The lowest BCUT2D eigenvalue weighted by Crippen LogP contribution is -1.98. The number of hydrogen-bond donors (Lipinski definition) is 0. The monoisotopic (exact) mass is 183 g/mol. The van der Waals surface area contributed by atoms with E-state index in [4.69, 9.17) is 0 Å². The second kappa shape index (κ2) is 3.30. The first kappa shape index (κ1) is 9.31. The van der Waals surface area contributed by atoms with Crippen LogP contribution in [0.25, 0.3) is 0 Å². The molecule has 0 aliphatic heterocycles. The smallest absolute Gasteiger partial charge is 0.280 e. The number of hydrogen-bond acceptors (Lipinski definition) is 3. The van der Waals surface area contributed by atoms with E-state index < -0.39 is 10.7 Å². The zero-order valence-corrected chi connectivity index (χ0v) is 6.78. The van der Waals surface area contributed by atoms with Gasteiger partial charge in [-0.25, -0.2) is 4.39 Å². The molecule has 5 heteroatoms. The lowest BCUT2D eigenvalue weighted by molar-refractivity contribution is -0.385. The molecule has 1 aromatic rings. The van der Waals surface area contributed by atoms with Crippen LogP contribution in [-0.2, 0) is 0 Å². The van der Waals surface area contributed by atoms with Crippen molar-refractivity contribution in [1.29, 1.82) is 0 Å². The van der Waals surface area contributed by atoms with Crippen molar-refractivity contribution in [3.05, 3.63) is 39.2 Å². The van der Waals surface area contributed by atoms with Gasteiger partial charge in [-0.15, -0.1) is 0 Å². The molecule has 4 nitrogen and oxygen atoms in total. The summed E-state index contributed by atoms with van der Waals surface area (Å²) in [6.45, 7) is 1.33. The SMILES string of the molecule is Cc1c(F)ccc([N+](=O)[O-])c1C=O. The number of nitro benzene ring substituents is 1. The van der Waals surface area contributed by atoms with Crippen molar-refractivity contribution in [2.75, 3.05) is 0 Å². The van der Waals surface area contributed by atoms with Gasteiger partial charge in [0.05, 0.1) is 10.5 Å². The molecule has 0 N–H and O–H groups in total. The second-order valence-corrected chi connectivity index (χ2v) is 2.48. The van der Waals surface area contributed by atoms with Crippen molar-refractivity contribution < 1.29 is 14.1 Å². The molecule has 0 radical (unpaired) electrons. The Morgan fingerprint density at radius 3 is 2.62 bits per heavy atom. The summed E-state index contributed by atoms with van der Waals surface area (Å²) >= 11 is 0. The van der Waals surface area contributed by atoms with Crippen LogP contribution in [0.4, 0.5) is 10.1 Å². The number of benzene rings is 1. The topological polar surface area (TPSA) is 60.2 Å². The average molecular weight is 183 g/mol. The number of halogens is 1. The van der Waals surface area contributed by atoms with E-state index >= 15 is 0 Å². The Morgan fingerprint density at radius 2 is 2.15 bits per heavy atom. The van der Waals surface area contributed by atoms with E-state index in [0.29, 0.717) is 0 Å². The zero-order valence-electron chi connectivity index (χ0n) is 6.78. The van der Waals surface area contributed by atoms with Crippen LogP contribution in [0.2, 0.25) is 0 Å². The Morgan fingerprint density at radius 1 is 1.54 bits per heavy atom. The minimum Gasteiger partial charge on any atom is -0.298 e. The van der Waals surface area contributed by atoms with E-state index in [1.165, 1.54) is 6.92 Å². The molecule has 0 aliphatic carbocycles. The summed E-state index contributed by atoms with van der Waals surface area (Å²) in [7, 11) is 0. The summed E-state index contributed by atoms with van der Waals surface area (Å²) in [6.07, 6.45) is 0.288. The quantitative estimate of drug-likeness (QED) is 0.399.